The molecule has 4 rings (SSSR count). The molecular weight excluding hydrogens is 378 g/mol. The minimum atomic E-state index is -1.06. The number of carboxylic acid groups (broad SMARTS) is 1. The van der Waals surface area contributed by atoms with E-state index in [1.54, 1.807) is 18.7 Å². The largest absolute Gasteiger partial charge is 0.497 e. The number of nitrogens with one attached hydrogen (secondary N) is 1. The van der Waals surface area contributed by atoms with Crippen LogP contribution in [0.3, 0.4) is 0 Å². The van der Waals surface area contributed by atoms with Crippen molar-refractivity contribution in [3.63, 3.8) is 0 Å². The first-order chi connectivity index (χ1) is 13.5. The number of para-hydroxylation sites is 1. The summed E-state index contributed by atoms with van der Waals surface area (Å²) >= 11 is 1.34. The highest BCUT2D eigenvalue weighted by atomic mass is 32.1. The van der Waals surface area contributed by atoms with E-state index in [4.69, 9.17) is 4.74 Å². The molecule has 0 aliphatic rings. The van der Waals surface area contributed by atoms with Gasteiger partial charge in [0.15, 0.2) is 5.13 Å². The maximum atomic E-state index is 12.6. The van der Waals surface area contributed by atoms with Gasteiger partial charge in [0.25, 0.3) is 0 Å². The van der Waals surface area contributed by atoms with Gasteiger partial charge in [0.1, 0.15) is 11.4 Å². The first kappa shape index (κ1) is 18.0. The highest BCUT2D eigenvalue weighted by Crippen LogP contribution is 2.30. The van der Waals surface area contributed by atoms with Crippen LogP contribution in [0.5, 0.6) is 5.75 Å². The molecule has 2 heterocycles. The number of hydrogen-bond acceptors (Lipinski definition) is 5. The number of amides is 1. The van der Waals surface area contributed by atoms with Gasteiger partial charge in [-0.1, -0.05) is 29.5 Å². The van der Waals surface area contributed by atoms with Gasteiger partial charge in [0.05, 0.1) is 23.7 Å². The molecule has 0 saturated heterocycles. The molecule has 0 spiro atoms. The van der Waals surface area contributed by atoms with E-state index >= 15 is 0 Å². The number of benzene rings is 2. The van der Waals surface area contributed by atoms with Crippen molar-refractivity contribution in [2.75, 3.05) is 12.4 Å². The zero-order valence-electron chi connectivity index (χ0n) is 15.2. The van der Waals surface area contributed by atoms with Crippen molar-refractivity contribution in [3.05, 3.63) is 53.7 Å². The highest BCUT2D eigenvalue weighted by Gasteiger charge is 2.22. The van der Waals surface area contributed by atoms with Crippen LogP contribution in [0.1, 0.15) is 16.1 Å². The number of aromatic nitrogens is 2. The van der Waals surface area contributed by atoms with E-state index in [9.17, 15) is 14.7 Å². The van der Waals surface area contributed by atoms with Gasteiger partial charge in [-0.3, -0.25) is 4.79 Å². The predicted molar refractivity (Wildman–Crippen MR) is 108 cm³/mol. The zero-order chi connectivity index (χ0) is 19.8. The Morgan fingerprint density at radius 3 is 2.79 bits per heavy atom. The average Bonchev–Trinajstić information content (AvgIpc) is 3.19. The van der Waals surface area contributed by atoms with Crippen LogP contribution < -0.4 is 10.1 Å². The summed E-state index contributed by atoms with van der Waals surface area (Å²) in [4.78, 5) is 28.8. The van der Waals surface area contributed by atoms with Crippen LogP contribution in [0.2, 0.25) is 0 Å². The maximum absolute atomic E-state index is 12.6. The first-order valence-corrected chi connectivity index (χ1v) is 9.33. The summed E-state index contributed by atoms with van der Waals surface area (Å²) in [6, 6.07) is 12.8. The van der Waals surface area contributed by atoms with Crippen molar-refractivity contribution in [1.82, 2.24) is 9.55 Å². The lowest BCUT2D eigenvalue weighted by Crippen LogP contribution is -2.16. The summed E-state index contributed by atoms with van der Waals surface area (Å²) in [5.41, 5.74) is 2.14. The number of aromatic carboxylic acids is 1. The molecule has 0 aliphatic heterocycles. The molecule has 0 fully saturated rings. The lowest BCUT2D eigenvalue weighted by Gasteiger charge is -2.04. The molecule has 2 aromatic heterocycles. The van der Waals surface area contributed by atoms with Gasteiger partial charge < -0.3 is 19.7 Å². The molecular formula is C20H17N3O4S. The van der Waals surface area contributed by atoms with Gasteiger partial charge in [-0.25, -0.2) is 9.78 Å². The Bertz CT molecular complexity index is 1230. The monoisotopic (exact) mass is 395 g/mol. The number of fused-ring (bicyclic) bond motifs is 2. The van der Waals surface area contributed by atoms with Crippen LogP contribution in [0.15, 0.2) is 42.5 Å². The van der Waals surface area contributed by atoms with Gasteiger partial charge in [0.2, 0.25) is 5.91 Å². The second kappa shape index (κ2) is 6.97. The van der Waals surface area contributed by atoms with E-state index in [0.29, 0.717) is 10.7 Å². The molecule has 142 valence electrons. The quantitative estimate of drug-likeness (QED) is 0.538. The fraction of sp³-hybridized carbons (Fsp3) is 0.150. The maximum Gasteiger partial charge on any atom is 0.352 e. The standard InChI is InChI=1S/C20H17N3O4S/c1-23-15-6-4-3-5-12(15)13(18(23)19(25)26)10-17(24)22-20-21-14-8-7-11(27-2)9-16(14)28-20/h3-9H,10H2,1-2H3,(H,25,26)(H,21,22,24). The van der Waals surface area contributed by atoms with Crippen LogP contribution in [0.25, 0.3) is 21.1 Å². The number of carboxylic acids is 1. The highest BCUT2D eigenvalue weighted by molar-refractivity contribution is 7.22. The number of carbonyl (C=O) groups is 2. The van der Waals surface area contributed by atoms with Gasteiger partial charge >= 0.3 is 5.97 Å². The number of rotatable bonds is 5. The van der Waals surface area contributed by atoms with Gasteiger partial charge in [-0.15, -0.1) is 0 Å². The molecule has 0 atom stereocenters. The molecule has 7 nitrogen and oxygen atoms in total. The number of nitrogens with zero attached hydrogens (tertiary/aromatic N) is 2. The van der Waals surface area contributed by atoms with E-state index in [1.165, 1.54) is 11.3 Å². The van der Waals surface area contributed by atoms with E-state index in [0.717, 1.165) is 26.9 Å². The molecule has 0 aliphatic carbocycles. The number of hydrogen-bond donors (Lipinski definition) is 2. The van der Waals surface area contributed by atoms with E-state index in [1.807, 2.05) is 42.5 Å². The Labute approximate surface area is 164 Å². The smallest absolute Gasteiger partial charge is 0.352 e. The van der Waals surface area contributed by atoms with Crippen molar-refractivity contribution >= 4 is 49.5 Å². The van der Waals surface area contributed by atoms with Gasteiger partial charge in [-0.05, 0) is 24.3 Å². The number of anilines is 1. The summed E-state index contributed by atoms with van der Waals surface area (Å²) in [7, 11) is 3.28. The molecule has 1 amide bonds. The fourth-order valence-corrected chi connectivity index (χ4v) is 4.24. The van der Waals surface area contributed by atoms with Crippen molar-refractivity contribution < 1.29 is 19.4 Å². The third kappa shape index (κ3) is 3.07. The number of methoxy groups -OCH3 is 1. The first-order valence-electron chi connectivity index (χ1n) is 8.52. The van der Waals surface area contributed by atoms with Crippen LogP contribution in [-0.2, 0) is 18.3 Å². The summed E-state index contributed by atoms with van der Waals surface area (Å²) in [6.45, 7) is 0. The zero-order valence-corrected chi connectivity index (χ0v) is 16.0. The number of carbonyl (C=O) groups excluding carboxylic acids is 1. The van der Waals surface area contributed by atoms with Crippen molar-refractivity contribution in [3.8, 4) is 5.75 Å². The van der Waals surface area contributed by atoms with Crippen molar-refractivity contribution in [2.24, 2.45) is 7.05 Å². The minimum absolute atomic E-state index is 0.0533. The second-order valence-electron chi connectivity index (χ2n) is 6.29. The van der Waals surface area contributed by atoms with Crippen LogP contribution in [0, 0.1) is 0 Å². The van der Waals surface area contributed by atoms with Crippen LogP contribution in [0.4, 0.5) is 5.13 Å². The third-order valence-corrected chi connectivity index (χ3v) is 5.53. The Balaban J connectivity index is 1.64. The Morgan fingerprint density at radius 2 is 2.04 bits per heavy atom. The minimum Gasteiger partial charge on any atom is -0.497 e. The SMILES string of the molecule is COc1ccc2nc(NC(=O)Cc3c(C(=O)O)n(C)c4ccccc34)sc2c1. The summed E-state index contributed by atoms with van der Waals surface area (Å²) in [5.74, 6) is -0.658. The molecule has 4 aromatic rings. The van der Waals surface area contributed by atoms with Crippen molar-refractivity contribution in [1.29, 1.82) is 0 Å². The van der Waals surface area contributed by atoms with Crippen molar-refractivity contribution in [2.45, 2.75) is 6.42 Å². The Kier molecular flexibility index (Phi) is 4.48. The molecule has 2 N–H and O–H groups in total. The number of ether oxygens (including phenoxy) is 1. The lowest BCUT2D eigenvalue weighted by molar-refractivity contribution is -0.115. The normalized spacial score (nSPS) is 11.1. The molecule has 2 aromatic carbocycles. The molecule has 0 saturated carbocycles. The van der Waals surface area contributed by atoms with E-state index in [-0.39, 0.29) is 18.0 Å². The Hall–Kier alpha value is -3.39. The predicted octanol–water partition coefficient (Wildman–Crippen LogP) is 3.68. The Morgan fingerprint density at radius 1 is 1.25 bits per heavy atom. The van der Waals surface area contributed by atoms with Crippen LogP contribution >= 0.6 is 11.3 Å². The average molecular weight is 395 g/mol. The third-order valence-electron chi connectivity index (χ3n) is 4.59. The second-order valence-corrected chi connectivity index (χ2v) is 7.32. The summed E-state index contributed by atoms with van der Waals surface area (Å²) < 4.78 is 7.70. The summed E-state index contributed by atoms with van der Waals surface area (Å²) in [6.07, 6.45) is -0.0533. The van der Waals surface area contributed by atoms with Crippen LogP contribution in [-0.4, -0.2) is 33.6 Å². The van der Waals surface area contributed by atoms with Gasteiger partial charge in [0, 0.05) is 23.5 Å². The number of aryl methyl sites for hydroxylation is 1. The molecule has 0 bridgehead atoms. The van der Waals surface area contributed by atoms with E-state index in [2.05, 4.69) is 10.3 Å². The molecule has 8 heteroatoms. The molecule has 0 radical (unpaired) electrons. The molecule has 0 unspecified atom stereocenters. The number of thiazole rings is 1. The lowest BCUT2D eigenvalue weighted by atomic mass is 10.1. The fourth-order valence-electron chi connectivity index (χ4n) is 3.33. The summed E-state index contributed by atoms with van der Waals surface area (Å²) in [5, 5.41) is 13.6. The van der Waals surface area contributed by atoms with E-state index < -0.39 is 5.97 Å². The molecule has 28 heavy (non-hydrogen) atoms. The van der Waals surface area contributed by atoms with Gasteiger partial charge in [-0.2, -0.15) is 0 Å². The topological polar surface area (TPSA) is 93.4 Å².